The van der Waals surface area contributed by atoms with Crippen molar-refractivity contribution in [3.63, 3.8) is 0 Å². The molecule has 1 unspecified atom stereocenters. The van der Waals surface area contributed by atoms with Crippen molar-refractivity contribution in [2.24, 2.45) is 4.99 Å². The topological polar surface area (TPSA) is 21.6 Å². The maximum absolute atomic E-state index is 6.24. The third kappa shape index (κ3) is 2.52. The van der Waals surface area contributed by atoms with Gasteiger partial charge in [-0.05, 0) is 37.5 Å². The lowest BCUT2D eigenvalue weighted by atomic mass is 9.99. The Labute approximate surface area is 124 Å². The van der Waals surface area contributed by atoms with Crippen LogP contribution in [-0.2, 0) is 11.2 Å². The van der Waals surface area contributed by atoms with Crippen molar-refractivity contribution in [3.8, 4) is 0 Å². The van der Waals surface area contributed by atoms with Crippen molar-refractivity contribution in [1.82, 2.24) is 0 Å². The molecule has 1 aliphatic heterocycles. The largest absolute Gasteiger partial charge is 0.441 e. The van der Waals surface area contributed by atoms with E-state index in [2.05, 4.69) is 18.5 Å². The molecule has 0 N–H and O–H groups in total. The van der Waals surface area contributed by atoms with Crippen LogP contribution < -0.4 is 0 Å². The molecule has 2 rings (SSSR count). The van der Waals surface area contributed by atoms with Crippen LogP contribution in [-0.4, -0.2) is 11.4 Å². The minimum atomic E-state index is -0.363. The van der Waals surface area contributed by atoms with Crippen LogP contribution >= 0.6 is 23.2 Å². The molecule has 0 radical (unpaired) electrons. The van der Waals surface area contributed by atoms with E-state index in [9.17, 15) is 0 Å². The number of rotatable bonds is 3. The molecule has 102 valence electrons. The number of aliphatic imine (C=N–C) groups is 1. The minimum absolute atomic E-state index is 0.363. The van der Waals surface area contributed by atoms with Crippen LogP contribution in [0.2, 0.25) is 10.0 Å². The Bertz CT molecular complexity index is 542. The molecular weight excluding hydrogens is 281 g/mol. The van der Waals surface area contributed by atoms with Crippen molar-refractivity contribution in [3.05, 3.63) is 45.6 Å². The van der Waals surface area contributed by atoms with E-state index in [0.717, 1.165) is 24.0 Å². The summed E-state index contributed by atoms with van der Waals surface area (Å²) in [6.45, 7) is 10.0. The van der Waals surface area contributed by atoms with Gasteiger partial charge in [0, 0.05) is 15.6 Å². The van der Waals surface area contributed by atoms with E-state index in [0.29, 0.717) is 21.7 Å². The predicted octanol–water partition coefficient (Wildman–Crippen LogP) is 5.02. The maximum Gasteiger partial charge on any atom is 0.222 e. The van der Waals surface area contributed by atoms with Crippen LogP contribution in [0, 0.1) is 0 Å². The van der Waals surface area contributed by atoms with Crippen molar-refractivity contribution in [2.45, 2.75) is 39.2 Å². The van der Waals surface area contributed by atoms with Gasteiger partial charge in [-0.1, -0.05) is 43.6 Å². The zero-order chi connectivity index (χ0) is 14.2. The maximum atomic E-state index is 6.24. The summed E-state index contributed by atoms with van der Waals surface area (Å²) in [5.41, 5.74) is 1.38. The van der Waals surface area contributed by atoms with Gasteiger partial charge in [0.2, 0.25) is 5.90 Å². The SMILES string of the molecule is C=C1OC(c2cc(Cl)c(CC)c(Cl)c2)=NC1(C)CC. The molecule has 1 aromatic carbocycles. The monoisotopic (exact) mass is 297 g/mol. The van der Waals surface area contributed by atoms with Crippen LogP contribution in [0.1, 0.15) is 38.3 Å². The van der Waals surface area contributed by atoms with E-state index < -0.39 is 0 Å². The molecule has 0 saturated heterocycles. The Morgan fingerprint density at radius 1 is 1.26 bits per heavy atom. The molecule has 0 amide bonds. The first-order valence-corrected chi connectivity index (χ1v) is 7.12. The Kier molecular flexibility index (Phi) is 3.93. The second-order valence-corrected chi connectivity index (χ2v) is 5.66. The molecule has 0 aliphatic carbocycles. The number of hydrogen-bond acceptors (Lipinski definition) is 2. The molecule has 1 heterocycles. The lowest BCUT2D eigenvalue weighted by Crippen LogP contribution is -2.19. The molecule has 0 fully saturated rings. The summed E-state index contributed by atoms with van der Waals surface area (Å²) in [5, 5.41) is 1.29. The summed E-state index contributed by atoms with van der Waals surface area (Å²) in [7, 11) is 0. The van der Waals surface area contributed by atoms with E-state index >= 15 is 0 Å². The first-order chi connectivity index (χ1) is 8.91. The molecule has 19 heavy (non-hydrogen) atoms. The van der Waals surface area contributed by atoms with E-state index in [4.69, 9.17) is 27.9 Å². The molecule has 1 atom stereocenters. The minimum Gasteiger partial charge on any atom is -0.441 e. The molecule has 0 bridgehead atoms. The van der Waals surface area contributed by atoms with Gasteiger partial charge in [-0.25, -0.2) is 4.99 Å². The van der Waals surface area contributed by atoms with Gasteiger partial charge < -0.3 is 4.74 Å². The summed E-state index contributed by atoms with van der Waals surface area (Å²) >= 11 is 12.5. The fourth-order valence-corrected chi connectivity index (χ4v) is 2.75. The molecule has 0 saturated carbocycles. The smallest absolute Gasteiger partial charge is 0.222 e. The van der Waals surface area contributed by atoms with E-state index in [1.165, 1.54) is 0 Å². The summed E-state index contributed by atoms with van der Waals surface area (Å²) in [5.74, 6) is 1.21. The second kappa shape index (κ2) is 5.18. The van der Waals surface area contributed by atoms with Crippen LogP contribution in [0.15, 0.2) is 29.5 Å². The Balaban J connectivity index is 2.45. The van der Waals surface area contributed by atoms with Crippen LogP contribution in [0.5, 0.6) is 0 Å². The Morgan fingerprint density at radius 2 is 1.84 bits per heavy atom. The van der Waals surface area contributed by atoms with E-state index in [1.54, 1.807) is 0 Å². The summed E-state index contributed by atoms with van der Waals surface area (Å²) < 4.78 is 5.68. The Hall–Kier alpha value is -0.990. The van der Waals surface area contributed by atoms with Crippen molar-refractivity contribution < 1.29 is 4.74 Å². The van der Waals surface area contributed by atoms with Crippen LogP contribution in [0.4, 0.5) is 0 Å². The summed E-state index contributed by atoms with van der Waals surface area (Å²) in [6, 6.07) is 3.69. The third-order valence-corrected chi connectivity index (χ3v) is 4.27. The first-order valence-electron chi connectivity index (χ1n) is 6.36. The van der Waals surface area contributed by atoms with Gasteiger partial charge in [0.1, 0.15) is 11.3 Å². The highest BCUT2D eigenvalue weighted by Crippen LogP contribution is 2.35. The second-order valence-electron chi connectivity index (χ2n) is 4.84. The van der Waals surface area contributed by atoms with Gasteiger partial charge in [0.05, 0.1) is 0 Å². The van der Waals surface area contributed by atoms with Gasteiger partial charge in [-0.2, -0.15) is 0 Å². The Morgan fingerprint density at radius 3 is 2.26 bits per heavy atom. The van der Waals surface area contributed by atoms with Gasteiger partial charge in [-0.3, -0.25) is 0 Å². The lowest BCUT2D eigenvalue weighted by molar-refractivity contribution is 0.365. The molecule has 0 spiro atoms. The summed E-state index contributed by atoms with van der Waals surface area (Å²) in [6.07, 6.45) is 1.63. The first kappa shape index (κ1) is 14.4. The lowest BCUT2D eigenvalue weighted by Gasteiger charge is -2.16. The average Bonchev–Trinajstić information content (AvgIpc) is 2.66. The zero-order valence-electron chi connectivity index (χ0n) is 11.4. The molecule has 4 heteroatoms. The van der Waals surface area contributed by atoms with Crippen LogP contribution in [0.3, 0.4) is 0 Å². The predicted molar refractivity (Wildman–Crippen MR) is 81.3 cm³/mol. The zero-order valence-corrected chi connectivity index (χ0v) is 12.9. The number of nitrogens with zero attached hydrogens (tertiary/aromatic N) is 1. The van der Waals surface area contributed by atoms with Gasteiger partial charge in [0.25, 0.3) is 0 Å². The van der Waals surface area contributed by atoms with Gasteiger partial charge in [0.15, 0.2) is 0 Å². The van der Waals surface area contributed by atoms with E-state index in [-0.39, 0.29) is 5.54 Å². The molecule has 0 aromatic heterocycles. The third-order valence-electron chi connectivity index (χ3n) is 3.60. The molecular formula is C15H17Cl2NO. The highest BCUT2D eigenvalue weighted by Gasteiger charge is 2.35. The summed E-state index contributed by atoms with van der Waals surface area (Å²) in [4.78, 5) is 4.61. The van der Waals surface area contributed by atoms with Crippen molar-refractivity contribution in [1.29, 1.82) is 0 Å². The van der Waals surface area contributed by atoms with Crippen molar-refractivity contribution >= 4 is 29.1 Å². The number of ether oxygens (including phenoxy) is 1. The normalized spacial score (nSPS) is 22.4. The highest BCUT2D eigenvalue weighted by atomic mass is 35.5. The van der Waals surface area contributed by atoms with Crippen molar-refractivity contribution in [2.75, 3.05) is 0 Å². The quantitative estimate of drug-likeness (QED) is 0.768. The number of hydrogen-bond donors (Lipinski definition) is 0. The molecule has 2 nitrogen and oxygen atoms in total. The van der Waals surface area contributed by atoms with Gasteiger partial charge >= 0.3 is 0 Å². The number of halogens is 2. The average molecular weight is 298 g/mol. The number of benzene rings is 1. The fourth-order valence-electron chi connectivity index (χ4n) is 2.00. The fraction of sp³-hybridized carbons (Fsp3) is 0.400. The standard InChI is InChI=1S/C15H17Cl2NO/c1-5-11-12(16)7-10(8-13(11)17)14-18-15(4,6-2)9(3)19-14/h7-8H,3,5-6H2,1-2,4H3. The molecule has 1 aromatic rings. The van der Waals surface area contributed by atoms with Gasteiger partial charge in [-0.15, -0.1) is 0 Å². The molecule has 1 aliphatic rings. The van der Waals surface area contributed by atoms with E-state index in [1.807, 2.05) is 26.0 Å². The van der Waals surface area contributed by atoms with Crippen LogP contribution in [0.25, 0.3) is 0 Å². The highest BCUT2D eigenvalue weighted by molar-refractivity contribution is 6.36.